The Hall–Kier alpha value is -0.470. The Morgan fingerprint density at radius 1 is 1.00 bits per heavy atom. The zero-order valence-electron chi connectivity index (χ0n) is 14.2. The van der Waals surface area contributed by atoms with Gasteiger partial charge in [0.05, 0.1) is 0 Å². The Morgan fingerprint density at radius 3 is 2.18 bits per heavy atom. The third-order valence-electron chi connectivity index (χ3n) is 6.45. The molecule has 22 heavy (non-hydrogen) atoms. The molecule has 4 atom stereocenters. The van der Waals surface area contributed by atoms with Crippen molar-refractivity contribution in [2.45, 2.75) is 69.4 Å². The van der Waals surface area contributed by atoms with E-state index in [0.717, 1.165) is 12.5 Å². The Bertz CT molecular complexity index is 546. The van der Waals surface area contributed by atoms with E-state index in [1.165, 1.54) is 49.0 Å². The first-order chi connectivity index (χ1) is 10.4. The molecule has 0 heterocycles. The third-order valence-corrected chi connectivity index (χ3v) is 7.20. The number of nitrogens with one attached hydrogen (secondary N) is 1. The molecule has 0 saturated heterocycles. The van der Waals surface area contributed by atoms with Crippen molar-refractivity contribution in [3.8, 4) is 0 Å². The SMILES string of the molecule is CSc1ccc(CNC23CC4C[C@@](C)(C2)C[C@](C)(C4)C3)cc1. The van der Waals surface area contributed by atoms with Gasteiger partial charge < -0.3 is 5.32 Å². The van der Waals surface area contributed by atoms with Crippen LogP contribution in [0.1, 0.15) is 57.9 Å². The zero-order valence-corrected chi connectivity index (χ0v) is 15.1. The molecule has 4 aliphatic carbocycles. The highest BCUT2D eigenvalue weighted by Gasteiger charge is 2.59. The number of hydrogen-bond donors (Lipinski definition) is 1. The molecule has 4 bridgehead atoms. The maximum atomic E-state index is 4.02. The smallest absolute Gasteiger partial charge is 0.0210 e. The van der Waals surface area contributed by atoms with Crippen LogP contribution in [0.15, 0.2) is 29.2 Å². The van der Waals surface area contributed by atoms with Gasteiger partial charge in [0, 0.05) is 17.0 Å². The van der Waals surface area contributed by atoms with Gasteiger partial charge in [0.15, 0.2) is 0 Å². The van der Waals surface area contributed by atoms with Crippen LogP contribution in [0.25, 0.3) is 0 Å². The summed E-state index contributed by atoms with van der Waals surface area (Å²) in [6.45, 7) is 6.15. The van der Waals surface area contributed by atoms with Gasteiger partial charge in [0.1, 0.15) is 0 Å². The predicted molar refractivity (Wildman–Crippen MR) is 95.2 cm³/mol. The lowest BCUT2D eigenvalue weighted by molar-refractivity contribution is -0.118. The van der Waals surface area contributed by atoms with Crippen LogP contribution in [0.2, 0.25) is 0 Å². The van der Waals surface area contributed by atoms with Crippen molar-refractivity contribution in [3.05, 3.63) is 29.8 Å². The van der Waals surface area contributed by atoms with Crippen LogP contribution in [0.5, 0.6) is 0 Å². The Balaban J connectivity index is 1.50. The average molecular weight is 316 g/mol. The summed E-state index contributed by atoms with van der Waals surface area (Å²) in [6.07, 6.45) is 10.8. The fraction of sp³-hybridized carbons (Fsp3) is 0.700. The molecule has 0 aliphatic heterocycles. The summed E-state index contributed by atoms with van der Waals surface area (Å²) in [5, 5.41) is 4.02. The van der Waals surface area contributed by atoms with Gasteiger partial charge in [-0.15, -0.1) is 11.8 Å². The first-order valence-corrected chi connectivity index (χ1v) is 10.0. The quantitative estimate of drug-likeness (QED) is 0.762. The van der Waals surface area contributed by atoms with Crippen molar-refractivity contribution >= 4 is 11.8 Å². The first kappa shape index (κ1) is 15.1. The van der Waals surface area contributed by atoms with Gasteiger partial charge in [0.25, 0.3) is 0 Å². The van der Waals surface area contributed by atoms with E-state index in [1.54, 1.807) is 0 Å². The largest absolute Gasteiger partial charge is 0.307 e. The molecule has 0 aromatic heterocycles. The second-order valence-corrected chi connectivity index (χ2v) is 9.99. The number of rotatable bonds is 4. The fourth-order valence-corrected chi connectivity index (χ4v) is 7.09. The van der Waals surface area contributed by atoms with Crippen LogP contribution in [0, 0.1) is 16.7 Å². The van der Waals surface area contributed by atoms with Gasteiger partial charge in [-0.05, 0) is 79.2 Å². The van der Waals surface area contributed by atoms with Gasteiger partial charge >= 0.3 is 0 Å². The molecule has 120 valence electrons. The second kappa shape index (κ2) is 5.01. The summed E-state index contributed by atoms with van der Waals surface area (Å²) in [4.78, 5) is 1.36. The maximum absolute atomic E-state index is 4.02. The van der Waals surface area contributed by atoms with E-state index in [4.69, 9.17) is 0 Å². The summed E-state index contributed by atoms with van der Waals surface area (Å²) >= 11 is 1.82. The standard InChI is InChI=1S/C20H29NS/c1-18-8-16-9-19(2,12-18)14-20(10-16,13-18)21-11-15-4-6-17(22-3)7-5-15/h4-7,16,21H,8-14H2,1-3H3/t16?,18-,19+,20?. The minimum Gasteiger partial charge on any atom is -0.307 e. The minimum atomic E-state index is 0.418. The Labute approximate surface area is 139 Å². The molecule has 0 radical (unpaired) electrons. The van der Waals surface area contributed by atoms with Gasteiger partial charge in [-0.1, -0.05) is 26.0 Å². The first-order valence-electron chi connectivity index (χ1n) is 8.80. The highest BCUT2D eigenvalue weighted by Crippen LogP contribution is 2.66. The molecule has 1 nitrogen and oxygen atoms in total. The van der Waals surface area contributed by atoms with Crippen molar-refractivity contribution in [1.82, 2.24) is 5.32 Å². The van der Waals surface area contributed by atoms with E-state index in [-0.39, 0.29) is 0 Å². The Kier molecular flexibility index (Phi) is 3.44. The van der Waals surface area contributed by atoms with E-state index in [1.807, 2.05) is 11.8 Å². The van der Waals surface area contributed by atoms with Gasteiger partial charge in [-0.3, -0.25) is 0 Å². The maximum Gasteiger partial charge on any atom is 0.0210 e. The van der Waals surface area contributed by atoms with Gasteiger partial charge in [-0.25, -0.2) is 0 Å². The minimum absolute atomic E-state index is 0.418. The van der Waals surface area contributed by atoms with E-state index in [9.17, 15) is 0 Å². The number of thioether (sulfide) groups is 1. The highest BCUT2D eigenvalue weighted by molar-refractivity contribution is 7.98. The second-order valence-electron chi connectivity index (χ2n) is 9.11. The van der Waals surface area contributed by atoms with E-state index < -0.39 is 0 Å². The monoisotopic (exact) mass is 315 g/mol. The lowest BCUT2D eigenvalue weighted by Crippen LogP contribution is -2.63. The summed E-state index contributed by atoms with van der Waals surface area (Å²) in [5.74, 6) is 0.970. The fourth-order valence-electron chi connectivity index (χ4n) is 6.68. The van der Waals surface area contributed by atoms with E-state index in [0.29, 0.717) is 16.4 Å². The van der Waals surface area contributed by atoms with Crippen LogP contribution >= 0.6 is 11.8 Å². The van der Waals surface area contributed by atoms with Crippen LogP contribution in [-0.2, 0) is 6.54 Å². The predicted octanol–water partition coefficient (Wildman–Crippen LogP) is 5.25. The van der Waals surface area contributed by atoms with Crippen LogP contribution in [0.3, 0.4) is 0 Å². The normalized spacial score (nSPS) is 42.8. The van der Waals surface area contributed by atoms with Crippen molar-refractivity contribution in [1.29, 1.82) is 0 Å². The molecule has 4 aliphatic rings. The van der Waals surface area contributed by atoms with Crippen molar-refractivity contribution in [2.75, 3.05) is 6.26 Å². The molecule has 0 spiro atoms. The highest BCUT2D eigenvalue weighted by atomic mass is 32.2. The molecule has 4 saturated carbocycles. The molecular formula is C20H29NS. The van der Waals surface area contributed by atoms with E-state index >= 15 is 0 Å². The van der Waals surface area contributed by atoms with Crippen molar-refractivity contribution in [2.24, 2.45) is 16.7 Å². The molecule has 1 N–H and O–H groups in total. The van der Waals surface area contributed by atoms with Crippen LogP contribution < -0.4 is 5.32 Å². The molecule has 2 unspecified atom stereocenters. The zero-order chi connectivity index (χ0) is 15.4. The van der Waals surface area contributed by atoms with Crippen molar-refractivity contribution < 1.29 is 0 Å². The number of benzene rings is 1. The van der Waals surface area contributed by atoms with Gasteiger partial charge in [-0.2, -0.15) is 0 Å². The molecule has 0 amide bonds. The average Bonchev–Trinajstić information content (AvgIpc) is 2.42. The molecule has 2 heteroatoms. The Morgan fingerprint density at radius 2 is 1.64 bits per heavy atom. The van der Waals surface area contributed by atoms with Crippen molar-refractivity contribution in [3.63, 3.8) is 0 Å². The summed E-state index contributed by atoms with van der Waals surface area (Å²) in [7, 11) is 0. The molecule has 4 fully saturated rings. The lowest BCUT2D eigenvalue weighted by Gasteiger charge is -2.65. The summed E-state index contributed by atoms with van der Waals surface area (Å²) in [6, 6.07) is 9.10. The third kappa shape index (κ3) is 2.63. The summed E-state index contributed by atoms with van der Waals surface area (Å²) < 4.78 is 0. The molecular weight excluding hydrogens is 286 g/mol. The molecule has 1 aromatic rings. The number of hydrogen-bond acceptors (Lipinski definition) is 2. The van der Waals surface area contributed by atoms with Gasteiger partial charge in [0.2, 0.25) is 0 Å². The van der Waals surface area contributed by atoms with Crippen LogP contribution in [-0.4, -0.2) is 11.8 Å². The molecule has 1 aromatic carbocycles. The van der Waals surface area contributed by atoms with Crippen LogP contribution in [0.4, 0.5) is 0 Å². The molecule has 5 rings (SSSR count). The summed E-state index contributed by atoms with van der Waals surface area (Å²) in [5.41, 5.74) is 3.05. The topological polar surface area (TPSA) is 12.0 Å². The van der Waals surface area contributed by atoms with E-state index in [2.05, 4.69) is 49.7 Å². The lowest BCUT2D eigenvalue weighted by atomic mass is 9.43.